The van der Waals surface area contributed by atoms with Crippen LogP contribution in [0.15, 0.2) is 48.8 Å². The van der Waals surface area contributed by atoms with E-state index in [1.165, 1.54) is 5.56 Å². The van der Waals surface area contributed by atoms with E-state index in [0.29, 0.717) is 6.61 Å². The van der Waals surface area contributed by atoms with Crippen molar-refractivity contribution in [1.29, 1.82) is 0 Å². The molecule has 0 aliphatic carbocycles. The summed E-state index contributed by atoms with van der Waals surface area (Å²) in [5, 5.41) is 0. The van der Waals surface area contributed by atoms with E-state index < -0.39 is 0 Å². The molecule has 1 heterocycles. The van der Waals surface area contributed by atoms with Crippen molar-refractivity contribution in [2.45, 2.75) is 32.8 Å². The van der Waals surface area contributed by atoms with Crippen LogP contribution in [0.5, 0.6) is 5.75 Å². The fraction of sp³-hybridized carbons (Fsp3) is 0.312. The van der Waals surface area contributed by atoms with Crippen LogP contribution >= 0.6 is 0 Å². The summed E-state index contributed by atoms with van der Waals surface area (Å²) in [6, 6.07) is 12.2. The molecule has 0 saturated carbocycles. The fourth-order valence-electron chi connectivity index (χ4n) is 1.70. The summed E-state index contributed by atoms with van der Waals surface area (Å²) in [4.78, 5) is 4.07. The summed E-state index contributed by atoms with van der Waals surface area (Å²) in [5.74, 6) is 0.909. The summed E-state index contributed by atoms with van der Waals surface area (Å²) in [6.07, 6.45) is 3.59. The van der Waals surface area contributed by atoms with Gasteiger partial charge in [-0.2, -0.15) is 0 Å². The Morgan fingerprint density at radius 2 is 1.94 bits per heavy atom. The Bertz CT molecular complexity index is 500. The van der Waals surface area contributed by atoms with Crippen molar-refractivity contribution in [3.05, 3.63) is 59.9 Å². The second-order valence-corrected chi connectivity index (χ2v) is 5.43. The first-order chi connectivity index (χ1) is 8.55. The number of nitrogens with zero attached hydrogens (tertiary/aromatic N) is 1. The Labute approximate surface area is 109 Å². The average Bonchev–Trinajstić information content (AvgIpc) is 2.37. The molecule has 0 unspecified atom stereocenters. The molecule has 0 fully saturated rings. The molecule has 0 aliphatic heterocycles. The highest BCUT2D eigenvalue weighted by molar-refractivity contribution is 5.32. The second kappa shape index (κ2) is 5.21. The summed E-state index contributed by atoms with van der Waals surface area (Å²) in [5.41, 5.74) is 2.51. The maximum absolute atomic E-state index is 5.79. The fourth-order valence-corrected chi connectivity index (χ4v) is 1.70. The van der Waals surface area contributed by atoms with Crippen molar-refractivity contribution < 1.29 is 4.74 Å². The van der Waals surface area contributed by atoms with Gasteiger partial charge >= 0.3 is 0 Å². The molecule has 18 heavy (non-hydrogen) atoms. The molecule has 0 saturated heterocycles. The van der Waals surface area contributed by atoms with Gasteiger partial charge in [0.25, 0.3) is 0 Å². The van der Waals surface area contributed by atoms with Crippen LogP contribution in [0.3, 0.4) is 0 Å². The van der Waals surface area contributed by atoms with E-state index in [1.807, 2.05) is 30.5 Å². The standard InChI is InChI=1S/C16H19NO/c1-16(2,3)14-7-4-8-15(10-14)18-12-13-6-5-9-17-11-13/h4-11H,12H2,1-3H3. The first-order valence-electron chi connectivity index (χ1n) is 6.18. The number of rotatable bonds is 3. The monoisotopic (exact) mass is 241 g/mol. The van der Waals surface area contributed by atoms with Gasteiger partial charge in [0, 0.05) is 18.0 Å². The molecule has 0 atom stereocenters. The second-order valence-electron chi connectivity index (χ2n) is 5.43. The van der Waals surface area contributed by atoms with Crippen LogP contribution in [0.2, 0.25) is 0 Å². The van der Waals surface area contributed by atoms with Crippen LogP contribution in [0.1, 0.15) is 31.9 Å². The van der Waals surface area contributed by atoms with Gasteiger partial charge in [-0.1, -0.05) is 39.0 Å². The van der Waals surface area contributed by atoms with Crippen molar-refractivity contribution in [3.63, 3.8) is 0 Å². The van der Waals surface area contributed by atoms with E-state index in [0.717, 1.165) is 11.3 Å². The third kappa shape index (κ3) is 3.33. The van der Waals surface area contributed by atoms with Gasteiger partial charge < -0.3 is 4.74 Å². The highest BCUT2D eigenvalue weighted by atomic mass is 16.5. The van der Waals surface area contributed by atoms with E-state index >= 15 is 0 Å². The van der Waals surface area contributed by atoms with Gasteiger partial charge in [0.15, 0.2) is 0 Å². The molecule has 0 N–H and O–H groups in total. The Kier molecular flexibility index (Phi) is 3.66. The highest BCUT2D eigenvalue weighted by Crippen LogP contribution is 2.25. The van der Waals surface area contributed by atoms with Gasteiger partial charge in [0.2, 0.25) is 0 Å². The van der Waals surface area contributed by atoms with Gasteiger partial charge in [0.05, 0.1) is 0 Å². The molecule has 0 bridgehead atoms. The van der Waals surface area contributed by atoms with Crippen LogP contribution in [0.25, 0.3) is 0 Å². The minimum Gasteiger partial charge on any atom is -0.489 e. The lowest BCUT2D eigenvalue weighted by molar-refractivity contribution is 0.305. The summed E-state index contributed by atoms with van der Waals surface area (Å²) in [7, 11) is 0. The van der Waals surface area contributed by atoms with E-state index in [-0.39, 0.29) is 5.41 Å². The van der Waals surface area contributed by atoms with Crippen molar-refractivity contribution in [1.82, 2.24) is 4.98 Å². The van der Waals surface area contributed by atoms with Crippen molar-refractivity contribution >= 4 is 0 Å². The molecule has 2 rings (SSSR count). The zero-order chi connectivity index (χ0) is 13.0. The first-order valence-corrected chi connectivity index (χ1v) is 6.18. The molecule has 2 heteroatoms. The van der Waals surface area contributed by atoms with Gasteiger partial charge in [-0.15, -0.1) is 0 Å². The molecule has 94 valence electrons. The third-order valence-electron chi connectivity index (χ3n) is 2.83. The Balaban J connectivity index is 2.06. The van der Waals surface area contributed by atoms with E-state index in [4.69, 9.17) is 4.74 Å². The van der Waals surface area contributed by atoms with E-state index in [1.54, 1.807) is 6.20 Å². The van der Waals surface area contributed by atoms with Crippen LogP contribution in [0, 0.1) is 0 Å². The minimum absolute atomic E-state index is 0.147. The minimum atomic E-state index is 0.147. The number of hydrogen-bond donors (Lipinski definition) is 0. The molecule has 0 aliphatic rings. The topological polar surface area (TPSA) is 22.1 Å². The first kappa shape index (κ1) is 12.6. The number of aromatic nitrogens is 1. The van der Waals surface area contributed by atoms with Crippen LogP contribution < -0.4 is 4.74 Å². The van der Waals surface area contributed by atoms with Crippen LogP contribution in [-0.4, -0.2) is 4.98 Å². The summed E-state index contributed by atoms with van der Waals surface area (Å²) < 4.78 is 5.79. The van der Waals surface area contributed by atoms with Gasteiger partial charge in [-0.05, 0) is 29.2 Å². The molecule has 1 aromatic carbocycles. The van der Waals surface area contributed by atoms with Crippen molar-refractivity contribution in [3.8, 4) is 5.75 Å². The smallest absolute Gasteiger partial charge is 0.120 e. The number of benzene rings is 1. The lowest BCUT2D eigenvalue weighted by Crippen LogP contribution is -2.10. The van der Waals surface area contributed by atoms with Crippen molar-refractivity contribution in [2.24, 2.45) is 0 Å². The maximum atomic E-state index is 5.79. The van der Waals surface area contributed by atoms with Crippen LogP contribution in [-0.2, 0) is 12.0 Å². The quantitative estimate of drug-likeness (QED) is 0.811. The summed E-state index contributed by atoms with van der Waals surface area (Å²) in [6.45, 7) is 7.16. The average molecular weight is 241 g/mol. The van der Waals surface area contributed by atoms with Gasteiger partial charge in [-0.3, -0.25) is 4.98 Å². The molecule has 1 aromatic heterocycles. The Hall–Kier alpha value is -1.83. The number of hydrogen-bond acceptors (Lipinski definition) is 2. The predicted molar refractivity (Wildman–Crippen MR) is 73.7 cm³/mol. The molecule has 0 spiro atoms. The van der Waals surface area contributed by atoms with Gasteiger partial charge in [-0.25, -0.2) is 0 Å². The molecule has 0 radical (unpaired) electrons. The zero-order valence-electron chi connectivity index (χ0n) is 11.2. The van der Waals surface area contributed by atoms with E-state index in [2.05, 4.69) is 37.9 Å². The molecule has 2 aromatic rings. The van der Waals surface area contributed by atoms with E-state index in [9.17, 15) is 0 Å². The van der Waals surface area contributed by atoms with Crippen molar-refractivity contribution in [2.75, 3.05) is 0 Å². The summed E-state index contributed by atoms with van der Waals surface area (Å²) >= 11 is 0. The molecular formula is C16H19NO. The third-order valence-corrected chi connectivity index (χ3v) is 2.83. The lowest BCUT2D eigenvalue weighted by atomic mass is 9.87. The lowest BCUT2D eigenvalue weighted by Gasteiger charge is -2.19. The zero-order valence-corrected chi connectivity index (χ0v) is 11.2. The molecular weight excluding hydrogens is 222 g/mol. The number of ether oxygens (including phenoxy) is 1. The highest BCUT2D eigenvalue weighted by Gasteiger charge is 2.13. The molecule has 2 nitrogen and oxygen atoms in total. The molecule has 0 amide bonds. The largest absolute Gasteiger partial charge is 0.489 e. The predicted octanol–water partition coefficient (Wildman–Crippen LogP) is 3.96. The Morgan fingerprint density at radius 3 is 2.61 bits per heavy atom. The SMILES string of the molecule is CC(C)(C)c1cccc(OCc2cccnc2)c1. The normalized spacial score (nSPS) is 11.3. The Morgan fingerprint density at radius 1 is 1.11 bits per heavy atom. The van der Waals surface area contributed by atoms with Gasteiger partial charge in [0.1, 0.15) is 12.4 Å². The maximum Gasteiger partial charge on any atom is 0.120 e. The van der Waals surface area contributed by atoms with Crippen LogP contribution in [0.4, 0.5) is 0 Å². The number of pyridine rings is 1.